The molecule has 0 amide bonds. The number of rotatable bonds is 4. The Hall–Kier alpha value is -0.413. The molecule has 2 fully saturated rings. The Bertz CT molecular complexity index is 404. The Labute approximate surface area is 131 Å². The average Bonchev–Trinajstić information content (AvgIpc) is 2.39. The minimum absolute atomic E-state index is 0.0520. The topological polar surface area (TPSA) is 26.3 Å². The van der Waals surface area contributed by atoms with E-state index in [9.17, 15) is 4.79 Å². The third-order valence-corrected chi connectivity index (χ3v) is 4.74. The highest BCUT2D eigenvalue weighted by Gasteiger charge is 2.47. The number of hydrogen-bond donors (Lipinski definition) is 0. The van der Waals surface area contributed by atoms with Crippen molar-refractivity contribution < 1.29 is 9.22 Å². The van der Waals surface area contributed by atoms with Gasteiger partial charge in [0.1, 0.15) is 5.78 Å². The molecule has 114 valence electrons. The molecule has 2 nitrogen and oxygen atoms in total. The van der Waals surface area contributed by atoms with Crippen LogP contribution in [0.1, 0.15) is 26.7 Å². The molecule has 0 aromatic carbocycles. The summed E-state index contributed by atoms with van der Waals surface area (Å²) in [5, 5.41) is 0. The summed E-state index contributed by atoms with van der Waals surface area (Å²) in [6.45, 7) is 10.8. The zero-order valence-electron chi connectivity index (χ0n) is 13.8. The van der Waals surface area contributed by atoms with Gasteiger partial charge in [-0.3, -0.25) is 4.79 Å². The molecule has 3 heteroatoms. The van der Waals surface area contributed by atoms with Crippen molar-refractivity contribution in [1.82, 2.24) is 0 Å². The predicted octanol–water partition coefficient (Wildman–Crippen LogP) is 4.13. The van der Waals surface area contributed by atoms with E-state index in [1.807, 2.05) is 19.3 Å². The fraction of sp³-hybridized carbons (Fsp3) is 0.500. The van der Waals surface area contributed by atoms with Crippen molar-refractivity contribution in [2.75, 3.05) is 0 Å². The minimum Gasteiger partial charge on any atom is -0.414 e. The van der Waals surface area contributed by atoms with Crippen LogP contribution in [0, 0.1) is 43.4 Å². The van der Waals surface area contributed by atoms with Crippen molar-refractivity contribution in [3.63, 3.8) is 0 Å². The van der Waals surface area contributed by atoms with Crippen LogP contribution in [0.5, 0.6) is 0 Å². The van der Waals surface area contributed by atoms with Crippen molar-refractivity contribution in [3.8, 4) is 0 Å². The van der Waals surface area contributed by atoms with Crippen LogP contribution in [0.3, 0.4) is 0 Å². The average molecular weight is 302 g/mol. The lowest BCUT2D eigenvalue weighted by molar-refractivity contribution is -0.123. The number of ketones is 1. The molecular formula is C18H26O2Si. The molecule has 0 aromatic rings. The summed E-state index contributed by atoms with van der Waals surface area (Å²) in [5.41, 5.74) is 1.27. The lowest BCUT2D eigenvalue weighted by Crippen LogP contribution is -2.47. The van der Waals surface area contributed by atoms with Crippen LogP contribution in [-0.4, -0.2) is 20.2 Å². The van der Waals surface area contributed by atoms with Crippen molar-refractivity contribution in [1.29, 1.82) is 0 Å². The van der Waals surface area contributed by atoms with Gasteiger partial charge >= 0.3 is 0 Å². The summed E-state index contributed by atoms with van der Waals surface area (Å²) >= 11 is 0. The standard InChI is InChI=1S/C18H26O2Si/c1-13(2)10-11-14-12-17(20-21(3,4)5)15-8-6-7-9-16(15)18(14)19/h6-10,14,17H,11-12H2,1-5H3/t14-,17+/m1/s1. The second-order valence-corrected chi connectivity index (χ2v) is 11.6. The van der Waals surface area contributed by atoms with Gasteiger partial charge < -0.3 is 4.43 Å². The van der Waals surface area contributed by atoms with E-state index >= 15 is 0 Å². The molecule has 0 unspecified atom stereocenters. The molecule has 0 aromatic heterocycles. The normalized spacial score (nSPS) is 28.3. The van der Waals surface area contributed by atoms with Crippen LogP contribution in [-0.2, 0) is 9.22 Å². The highest BCUT2D eigenvalue weighted by molar-refractivity contribution is 6.69. The second-order valence-electron chi connectivity index (χ2n) is 7.12. The summed E-state index contributed by atoms with van der Waals surface area (Å²) in [6, 6.07) is 0. The molecule has 2 aliphatic rings. The predicted molar refractivity (Wildman–Crippen MR) is 89.1 cm³/mol. The highest BCUT2D eigenvalue weighted by atomic mass is 28.4. The number of hydrogen-bond acceptors (Lipinski definition) is 2. The molecule has 0 aliphatic heterocycles. The summed E-state index contributed by atoms with van der Waals surface area (Å²) in [4.78, 5) is 12.7. The van der Waals surface area contributed by atoms with E-state index in [2.05, 4.69) is 46.0 Å². The molecular weight excluding hydrogens is 276 g/mol. The summed E-state index contributed by atoms with van der Waals surface area (Å²) in [7, 11) is -1.64. The summed E-state index contributed by atoms with van der Waals surface area (Å²) < 4.78 is 6.36. The maximum absolute atomic E-state index is 12.7. The number of Topliss-reactive ketones (excluding diaryl/α,β-unsaturated/α-hetero) is 1. The lowest BCUT2D eigenvalue weighted by Gasteiger charge is -2.44. The molecule has 0 spiro atoms. The van der Waals surface area contributed by atoms with Crippen LogP contribution >= 0.6 is 0 Å². The van der Waals surface area contributed by atoms with E-state index in [-0.39, 0.29) is 17.8 Å². The van der Waals surface area contributed by atoms with E-state index in [1.165, 1.54) is 5.57 Å². The van der Waals surface area contributed by atoms with Crippen molar-refractivity contribution >= 4 is 14.1 Å². The SMILES string of the molecule is CC(C)=CC[C@@H]1C[C@H](O[Si](C)(C)C)[C]2[CH][CH][CH][CH][C]2C1=O. The van der Waals surface area contributed by atoms with Gasteiger partial charge in [0.05, 0.1) is 12.0 Å². The molecule has 0 N–H and O–H groups in total. The third-order valence-electron chi connectivity index (χ3n) is 3.75. The van der Waals surface area contributed by atoms with Gasteiger partial charge in [0.25, 0.3) is 0 Å². The highest BCUT2D eigenvalue weighted by Crippen LogP contribution is 2.45. The maximum atomic E-state index is 12.7. The molecule has 6 radical (unpaired) electrons. The van der Waals surface area contributed by atoms with Gasteiger partial charge in [0.2, 0.25) is 0 Å². The van der Waals surface area contributed by atoms with E-state index in [0.717, 1.165) is 24.7 Å². The molecule has 2 aliphatic carbocycles. The van der Waals surface area contributed by atoms with Crippen molar-refractivity contribution in [2.24, 2.45) is 5.92 Å². The maximum Gasteiger partial charge on any atom is 0.184 e. The van der Waals surface area contributed by atoms with E-state index in [0.29, 0.717) is 0 Å². The third kappa shape index (κ3) is 4.53. The number of fused-ring (bicyclic) bond motifs is 1. The van der Waals surface area contributed by atoms with E-state index in [1.54, 1.807) is 0 Å². The van der Waals surface area contributed by atoms with E-state index < -0.39 is 8.32 Å². The number of carbonyl (C=O) groups is 1. The van der Waals surface area contributed by atoms with Crippen LogP contribution in [0.2, 0.25) is 19.6 Å². The molecule has 2 saturated carbocycles. The fourth-order valence-electron chi connectivity index (χ4n) is 2.83. The molecule has 2 atom stereocenters. The zero-order valence-corrected chi connectivity index (χ0v) is 14.8. The first-order valence-corrected chi connectivity index (χ1v) is 11.1. The quantitative estimate of drug-likeness (QED) is 0.576. The van der Waals surface area contributed by atoms with E-state index in [4.69, 9.17) is 4.43 Å². The summed E-state index contributed by atoms with van der Waals surface area (Å²) in [5.74, 6) is 2.27. The molecule has 0 saturated heterocycles. The molecule has 0 bridgehead atoms. The Morgan fingerprint density at radius 3 is 2.57 bits per heavy atom. The largest absolute Gasteiger partial charge is 0.414 e. The minimum atomic E-state index is -1.64. The Kier molecular flexibility index (Phi) is 5.47. The van der Waals surface area contributed by atoms with Crippen LogP contribution in [0.4, 0.5) is 0 Å². The van der Waals surface area contributed by atoms with Gasteiger partial charge in [0, 0.05) is 11.8 Å². The number of carbonyl (C=O) groups excluding carboxylic acids is 1. The summed E-state index contributed by atoms with van der Waals surface area (Å²) in [6.07, 6.45) is 11.8. The van der Waals surface area contributed by atoms with Crippen molar-refractivity contribution in [2.45, 2.75) is 52.4 Å². The fourth-order valence-corrected chi connectivity index (χ4v) is 3.91. The lowest BCUT2D eigenvalue weighted by atomic mass is 9.64. The van der Waals surface area contributed by atoms with Gasteiger partial charge in [-0.05, 0) is 72.0 Å². The van der Waals surface area contributed by atoms with Gasteiger partial charge in [-0.2, -0.15) is 0 Å². The van der Waals surface area contributed by atoms with Gasteiger partial charge in [-0.15, -0.1) is 0 Å². The van der Waals surface area contributed by atoms with Gasteiger partial charge in [0.15, 0.2) is 8.32 Å². The monoisotopic (exact) mass is 302 g/mol. The van der Waals surface area contributed by atoms with Crippen LogP contribution in [0.25, 0.3) is 0 Å². The smallest absolute Gasteiger partial charge is 0.184 e. The Balaban J connectivity index is 2.15. The van der Waals surface area contributed by atoms with Crippen LogP contribution < -0.4 is 0 Å². The van der Waals surface area contributed by atoms with Crippen LogP contribution in [0.15, 0.2) is 11.6 Å². The second kappa shape index (κ2) is 6.78. The number of allylic oxidation sites excluding steroid dienone is 2. The first kappa shape index (κ1) is 16.9. The Morgan fingerprint density at radius 1 is 1.29 bits per heavy atom. The molecule has 0 heterocycles. The van der Waals surface area contributed by atoms with Crippen molar-refractivity contribution in [3.05, 3.63) is 49.2 Å². The van der Waals surface area contributed by atoms with Gasteiger partial charge in [-0.1, -0.05) is 11.6 Å². The first-order valence-electron chi connectivity index (χ1n) is 7.72. The molecule has 2 rings (SSSR count). The zero-order chi connectivity index (χ0) is 15.6. The Morgan fingerprint density at radius 2 is 1.95 bits per heavy atom. The van der Waals surface area contributed by atoms with Gasteiger partial charge in [-0.25, -0.2) is 0 Å². The molecule has 21 heavy (non-hydrogen) atoms. The first-order chi connectivity index (χ1) is 9.78.